The number of thiazole rings is 1. The van der Waals surface area contributed by atoms with Gasteiger partial charge in [0.1, 0.15) is 0 Å². The summed E-state index contributed by atoms with van der Waals surface area (Å²) in [6.45, 7) is 23.9. The average molecular weight is 727 g/mol. The fraction of sp³-hybridized carbons (Fsp3) is 0.535. The van der Waals surface area contributed by atoms with Crippen molar-refractivity contribution in [1.29, 1.82) is 0 Å². The van der Waals surface area contributed by atoms with Gasteiger partial charge in [0.15, 0.2) is 0 Å². The Morgan fingerprint density at radius 3 is 2.58 bits per heavy atom. The van der Waals surface area contributed by atoms with Crippen molar-refractivity contribution < 1.29 is 0 Å². The van der Waals surface area contributed by atoms with Gasteiger partial charge in [-0.05, 0) is 108 Å². The predicted molar refractivity (Wildman–Crippen MR) is 224 cm³/mol. The van der Waals surface area contributed by atoms with E-state index in [1.54, 1.807) is 11.3 Å². The van der Waals surface area contributed by atoms with E-state index in [2.05, 4.69) is 117 Å². The molecular weight excluding hydrogens is 661 g/mol. The number of likely N-dealkylation sites (N-methyl/N-ethyl adjacent to an activating group) is 1. The van der Waals surface area contributed by atoms with E-state index < -0.39 is 0 Å². The van der Waals surface area contributed by atoms with Gasteiger partial charge in [0.05, 0.1) is 28.1 Å². The van der Waals surface area contributed by atoms with Crippen molar-refractivity contribution in [1.82, 2.24) is 35.6 Å². The minimum atomic E-state index is -0.176. The van der Waals surface area contributed by atoms with Crippen LogP contribution in [0.5, 0.6) is 0 Å². The van der Waals surface area contributed by atoms with Crippen LogP contribution in [0, 0.1) is 11.3 Å². The van der Waals surface area contributed by atoms with E-state index >= 15 is 0 Å². The van der Waals surface area contributed by atoms with Gasteiger partial charge in [0.2, 0.25) is 0 Å². The fourth-order valence-electron chi connectivity index (χ4n) is 7.80. The minimum absolute atomic E-state index is 0.0760. The first kappa shape index (κ1) is 41.4. The molecule has 4 aromatic rings. The van der Waals surface area contributed by atoms with Crippen molar-refractivity contribution in [2.45, 2.75) is 111 Å². The summed E-state index contributed by atoms with van der Waals surface area (Å²) in [6.07, 6.45) is 11.0. The molecule has 0 aliphatic heterocycles. The van der Waals surface area contributed by atoms with Gasteiger partial charge in [-0.1, -0.05) is 52.8 Å². The van der Waals surface area contributed by atoms with Crippen LogP contribution in [0.3, 0.4) is 0 Å². The van der Waals surface area contributed by atoms with Crippen LogP contribution in [-0.4, -0.2) is 59.2 Å². The third-order valence-corrected chi connectivity index (χ3v) is 11.0. The Kier molecular flexibility index (Phi) is 15.2. The third kappa shape index (κ3) is 10.4. The number of hydrazine groups is 1. The van der Waals surface area contributed by atoms with E-state index in [0.717, 1.165) is 91.3 Å². The maximum absolute atomic E-state index is 6.52. The van der Waals surface area contributed by atoms with Crippen molar-refractivity contribution in [3.63, 3.8) is 0 Å². The highest BCUT2D eigenvalue weighted by atomic mass is 32.1. The number of rotatable bonds is 22. The molecule has 0 bridgehead atoms. The molecule has 0 fully saturated rings. The van der Waals surface area contributed by atoms with Crippen LogP contribution in [0.25, 0.3) is 33.4 Å². The summed E-state index contributed by atoms with van der Waals surface area (Å²) in [4.78, 5) is 12.3. The topological polar surface area (TPSA) is 96.1 Å². The standard InChI is InChI=1S/C43H66N8S/c1-12-14-22-43(7,8)27-36-35-25-32(20-21-38(35)51(13-2)42(36)34-19-17-23-46-40(34)30(5)44)37-28-52-39(49-37)26-33(18-15-16-24-47-45-9)48-31(6)41(29(3)4)50(10)11/h12,17,19-21,23,25,28-30,33,41,45,47-48H,1,6,13-16,18,22,24,26-27,44H2,2-5,7-11H3. The van der Waals surface area contributed by atoms with Crippen molar-refractivity contribution in [2.75, 3.05) is 27.7 Å². The lowest BCUT2D eigenvalue weighted by Gasteiger charge is -2.33. The van der Waals surface area contributed by atoms with Gasteiger partial charge in [-0.15, -0.1) is 17.9 Å². The molecule has 9 heteroatoms. The number of aromatic nitrogens is 3. The number of benzene rings is 1. The first-order chi connectivity index (χ1) is 24.8. The second kappa shape index (κ2) is 19.1. The molecule has 3 heterocycles. The van der Waals surface area contributed by atoms with Crippen molar-refractivity contribution >= 4 is 22.2 Å². The number of nitrogens with zero attached hydrogens (tertiary/aromatic N) is 4. The van der Waals surface area contributed by atoms with Gasteiger partial charge in [-0.3, -0.25) is 15.8 Å². The Bertz CT molecular complexity index is 1740. The summed E-state index contributed by atoms with van der Waals surface area (Å²) in [6, 6.07) is 11.5. The van der Waals surface area contributed by atoms with Crippen LogP contribution in [-0.2, 0) is 19.4 Å². The summed E-state index contributed by atoms with van der Waals surface area (Å²) in [7, 11) is 6.20. The fourth-order valence-corrected chi connectivity index (χ4v) is 8.68. The predicted octanol–water partition coefficient (Wildman–Crippen LogP) is 8.90. The van der Waals surface area contributed by atoms with E-state index in [0.29, 0.717) is 5.92 Å². The van der Waals surface area contributed by atoms with E-state index in [4.69, 9.17) is 15.7 Å². The Balaban J connectivity index is 1.73. The lowest BCUT2D eigenvalue weighted by Crippen LogP contribution is -2.43. The molecule has 52 heavy (non-hydrogen) atoms. The highest BCUT2D eigenvalue weighted by Crippen LogP contribution is 2.42. The molecular formula is C43H66N8S. The maximum atomic E-state index is 6.52. The van der Waals surface area contributed by atoms with Crippen LogP contribution >= 0.6 is 11.3 Å². The first-order valence-electron chi connectivity index (χ1n) is 19.2. The summed E-state index contributed by atoms with van der Waals surface area (Å²) >= 11 is 1.76. The van der Waals surface area contributed by atoms with Crippen molar-refractivity contribution in [2.24, 2.45) is 17.1 Å². The van der Waals surface area contributed by atoms with Crippen LogP contribution in [0.2, 0.25) is 0 Å². The number of fused-ring (bicyclic) bond motifs is 1. The molecule has 0 saturated carbocycles. The number of aryl methyl sites for hydroxylation is 1. The number of hydrogen-bond acceptors (Lipinski definition) is 8. The number of hydrogen-bond donors (Lipinski definition) is 4. The Hall–Kier alpha value is -3.34. The molecule has 3 aromatic heterocycles. The lowest BCUT2D eigenvalue weighted by atomic mass is 9.80. The summed E-state index contributed by atoms with van der Waals surface area (Å²) in [5.41, 5.74) is 22.0. The SMILES string of the molecule is C=CCCC(C)(C)Cc1c(-c2cccnc2C(C)N)n(CC)c2ccc(-c3csc(CC(CCCCNNC)NC(=C)C(C(C)C)N(C)C)n3)cc12. The van der Waals surface area contributed by atoms with Crippen molar-refractivity contribution in [3.05, 3.63) is 83.1 Å². The molecule has 1 aromatic carbocycles. The smallest absolute Gasteiger partial charge is 0.0953 e. The molecule has 0 aliphatic rings. The monoisotopic (exact) mass is 727 g/mol. The number of pyridine rings is 1. The molecule has 0 aliphatic carbocycles. The molecule has 5 N–H and O–H groups in total. The second-order valence-electron chi connectivity index (χ2n) is 15.7. The molecule has 3 atom stereocenters. The van der Waals surface area contributed by atoms with Crippen LogP contribution in [0.15, 0.2) is 66.8 Å². The Morgan fingerprint density at radius 1 is 1.15 bits per heavy atom. The summed E-state index contributed by atoms with van der Waals surface area (Å²) in [5.74, 6) is 0.459. The normalized spacial score (nSPS) is 13.9. The number of nitrogens with two attached hydrogens (primary N) is 1. The van der Waals surface area contributed by atoms with Gasteiger partial charge in [0, 0.05) is 70.9 Å². The van der Waals surface area contributed by atoms with E-state index in [9.17, 15) is 0 Å². The second-order valence-corrected chi connectivity index (χ2v) is 16.7. The van der Waals surface area contributed by atoms with Crippen LogP contribution in [0.4, 0.5) is 0 Å². The molecule has 4 rings (SSSR count). The minimum Gasteiger partial charge on any atom is -0.384 e. The molecule has 0 spiro atoms. The van der Waals surface area contributed by atoms with Gasteiger partial charge < -0.3 is 20.5 Å². The molecule has 0 saturated heterocycles. The van der Waals surface area contributed by atoms with Gasteiger partial charge >= 0.3 is 0 Å². The van der Waals surface area contributed by atoms with Gasteiger partial charge in [0.25, 0.3) is 0 Å². The molecule has 0 amide bonds. The Labute approximate surface area is 318 Å². The quantitative estimate of drug-likeness (QED) is 0.0365. The maximum Gasteiger partial charge on any atom is 0.0953 e. The van der Waals surface area contributed by atoms with E-state index in [1.165, 1.54) is 22.2 Å². The third-order valence-electron chi connectivity index (χ3n) is 10.2. The first-order valence-corrected chi connectivity index (χ1v) is 20.1. The molecule has 8 nitrogen and oxygen atoms in total. The molecule has 284 valence electrons. The summed E-state index contributed by atoms with van der Waals surface area (Å²) in [5, 5.41) is 8.51. The van der Waals surface area contributed by atoms with Crippen LogP contribution in [0.1, 0.15) is 96.0 Å². The molecule has 3 unspecified atom stereocenters. The Morgan fingerprint density at radius 2 is 1.92 bits per heavy atom. The number of unbranched alkanes of at least 4 members (excludes halogenated alkanes) is 1. The van der Waals surface area contributed by atoms with Gasteiger partial charge in [-0.25, -0.2) is 4.98 Å². The van der Waals surface area contributed by atoms with Gasteiger partial charge in [-0.2, -0.15) is 0 Å². The van der Waals surface area contributed by atoms with Crippen LogP contribution < -0.4 is 21.9 Å². The zero-order chi connectivity index (χ0) is 38.0. The number of nitrogens with one attached hydrogen (secondary N) is 3. The highest BCUT2D eigenvalue weighted by molar-refractivity contribution is 7.09. The molecule has 0 radical (unpaired) electrons. The van der Waals surface area contributed by atoms with Crippen molar-refractivity contribution in [3.8, 4) is 22.5 Å². The lowest BCUT2D eigenvalue weighted by molar-refractivity contribution is 0.251. The highest BCUT2D eigenvalue weighted by Gasteiger charge is 2.28. The van der Waals surface area contributed by atoms with E-state index in [1.807, 2.05) is 32.3 Å². The summed E-state index contributed by atoms with van der Waals surface area (Å²) < 4.78 is 2.46. The zero-order valence-electron chi connectivity index (χ0n) is 33.5. The average Bonchev–Trinajstić information content (AvgIpc) is 3.68. The number of allylic oxidation sites excluding steroid dienone is 1. The van der Waals surface area contributed by atoms with E-state index in [-0.39, 0.29) is 23.5 Å². The zero-order valence-corrected chi connectivity index (χ0v) is 34.3. The largest absolute Gasteiger partial charge is 0.384 e.